The molecule has 0 saturated carbocycles. The Kier molecular flexibility index (Phi) is 5.93. The molecule has 3 amide bonds. The van der Waals surface area contributed by atoms with Crippen molar-refractivity contribution in [2.75, 3.05) is 5.32 Å². The fourth-order valence-electron chi connectivity index (χ4n) is 2.06. The van der Waals surface area contributed by atoms with Crippen molar-refractivity contribution >= 4 is 40.8 Å². The van der Waals surface area contributed by atoms with Gasteiger partial charge in [0.15, 0.2) is 0 Å². The number of carbonyl (C=O) groups is 2. The highest BCUT2D eigenvalue weighted by Gasteiger charge is 2.29. The Bertz CT molecular complexity index is 753. The van der Waals surface area contributed by atoms with Crippen LogP contribution in [0.25, 0.3) is 0 Å². The maximum Gasteiger partial charge on any atom is 0.341 e. The third-order valence-electron chi connectivity index (χ3n) is 3.32. The first-order valence-corrected chi connectivity index (χ1v) is 8.37. The summed E-state index contributed by atoms with van der Waals surface area (Å²) in [4.78, 5) is 25.1. The van der Waals surface area contributed by atoms with E-state index in [1.165, 1.54) is 5.01 Å². The summed E-state index contributed by atoms with van der Waals surface area (Å²) in [7, 11) is 0. The molecule has 0 heterocycles. The van der Waals surface area contributed by atoms with Gasteiger partial charge in [0.2, 0.25) is 0 Å². The van der Waals surface area contributed by atoms with Crippen LogP contribution in [0.1, 0.15) is 31.1 Å². The zero-order valence-electron chi connectivity index (χ0n) is 14.1. The number of hydrazine groups is 1. The van der Waals surface area contributed by atoms with E-state index in [-0.39, 0.29) is 0 Å². The number of halogens is 2. The molecule has 132 valence electrons. The van der Waals surface area contributed by atoms with E-state index >= 15 is 0 Å². The minimum absolute atomic E-state index is 0.291. The summed E-state index contributed by atoms with van der Waals surface area (Å²) in [6.45, 7) is 5.39. The SMILES string of the molecule is CC(C)(C)N(NC(=O)c1ccccc1)C(=O)Nc1c(Cl)cccc1Cl. The van der Waals surface area contributed by atoms with Crippen LogP contribution in [0.4, 0.5) is 10.5 Å². The number of anilines is 1. The van der Waals surface area contributed by atoms with E-state index < -0.39 is 17.5 Å². The molecule has 0 aliphatic heterocycles. The second kappa shape index (κ2) is 7.76. The van der Waals surface area contributed by atoms with Gasteiger partial charge in [-0.1, -0.05) is 47.5 Å². The number of hydrogen-bond donors (Lipinski definition) is 2. The van der Waals surface area contributed by atoms with Gasteiger partial charge in [-0.15, -0.1) is 0 Å². The molecule has 0 spiro atoms. The number of benzene rings is 2. The molecule has 0 aliphatic rings. The molecule has 2 rings (SSSR count). The second-order valence-corrected chi connectivity index (χ2v) is 7.15. The highest BCUT2D eigenvalue weighted by Crippen LogP contribution is 2.30. The van der Waals surface area contributed by atoms with E-state index in [0.717, 1.165) is 0 Å². The molecule has 0 bridgehead atoms. The first kappa shape index (κ1) is 19.1. The first-order chi connectivity index (χ1) is 11.7. The summed E-state index contributed by atoms with van der Waals surface area (Å²) in [6, 6.07) is 13.0. The van der Waals surface area contributed by atoms with Gasteiger partial charge in [-0.2, -0.15) is 0 Å². The third kappa shape index (κ3) is 4.87. The Hall–Kier alpha value is -2.24. The number of carbonyl (C=O) groups excluding carboxylic acids is 2. The number of nitrogens with zero attached hydrogens (tertiary/aromatic N) is 1. The lowest BCUT2D eigenvalue weighted by atomic mass is 10.1. The van der Waals surface area contributed by atoms with Crippen LogP contribution < -0.4 is 10.7 Å². The molecule has 0 radical (unpaired) electrons. The molecule has 5 nitrogen and oxygen atoms in total. The van der Waals surface area contributed by atoms with Gasteiger partial charge in [-0.25, -0.2) is 9.80 Å². The Labute approximate surface area is 156 Å². The minimum Gasteiger partial charge on any atom is -0.304 e. The Morgan fingerprint density at radius 2 is 1.48 bits per heavy atom. The number of hydrogen-bond acceptors (Lipinski definition) is 2. The third-order valence-corrected chi connectivity index (χ3v) is 3.95. The zero-order valence-corrected chi connectivity index (χ0v) is 15.7. The van der Waals surface area contributed by atoms with Gasteiger partial charge in [-0.05, 0) is 45.0 Å². The van der Waals surface area contributed by atoms with Gasteiger partial charge in [-0.3, -0.25) is 10.2 Å². The maximum absolute atomic E-state index is 12.7. The van der Waals surface area contributed by atoms with Crippen LogP contribution in [0, 0.1) is 0 Å². The summed E-state index contributed by atoms with van der Waals surface area (Å²) in [5, 5.41) is 4.48. The minimum atomic E-state index is -0.678. The second-order valence-electron chi connectivity index (χ2n) is 6.34. The van der Waals surface area contributed by atoms with Crippen LogP contribution >= 0.6 is 23.2 Å². The van der Waals surface area contributed by atoms with Crippen molar-refractivity contribution < 1.29 is 9.59 Å². The van der Waals surface area contributed by atoms with Crippen LogP contribution in [0.15, 0.2) is 48.5 Å². The average Bonchev–Trinajstić information content (AvgIpc) is 2.55. The van der Waals surface area contributed by atoms with Gasteiger partial charge in [0.25, 0.3) is 5.91 Å². The topological polar surface area (TPSA) is 61.4 Å². The average molecular weight is 380 g/mol. The zero-order chi connectivity index (χ0) is 18.6. The van der Waals surface area contributed by atoms with Crippen LogP contribution in [-0.4, -0.2) is 22.5 Å². The lowest BCUT2D eigenvalue weighted by molar-refractivity contribution is 0.0687. The highest BCUT2D eigenvalue weighted by molar-refractivity contribution is 6.39. The van der Waals surface area contributed by atoms with Gasteiger partial charge in [0.1, 0.15) is 0 Å². The van der Waals surface area contributed by atoms with Crippen LogP contribution in [0.5, 0.6) is 0 Å². The predicted molar refractivity (Wildman–Crippen MR) is 101 cm³/mol. The van der Waals surface area contributed by atoms with Gasteiger partial charge in [0, 0.05) is 5.56 Å². The van der Waals surface area contributed by atoms with Crippen LogP contribution in [0.2, 0.25) is 10.0 Å². The largest absolute Gasteiger partial charge is 0.341 e. The molecule has 25 heavy (non-hydrogen) atoms. The number of para-hydroxylation sites is 1. The van der Waals surface area contributed by atoms with Crippen LogP contribution in [0.3, 0.4) is 0 Å². The van der Waals surface area contributed by atoms with Crippen molar-refractivity contribution in [1.82, 2.24) is 10.4 Å². The van der Waals surface area contributed by atoms with Crippen molar-refractivity contribution in [1.29, 1.82) is 0 Å². The van der Waals surface area contributed by atoms with Gasteiger partial charge < -0.3 is 5.32 Å². The Morgan fingerprint density at radius 1 is 0.920 bits per heavy atom. The molecule has 2 aromatic carbocycles. The molecular weight excluding hydrogens is 361 g/mol. The number of amides is 3. The van der Waals surface area contributed by atoms with Crippen molar-refractivity contribution in [3.63, 3.8) is 0 Å². The van der Waals surface area contributed by atoms with E-state index in [4.69, 9.17) is 23.2 Å². The predicted octanol–water partition coefficient (Wildman–Crippen LogP) is 4.97. The number of urea groups is 1. The maximum atomic E-state index is 12.7. The first-order valence-electron chi connectivity index (χ1n) is 7.61. The lowest BCUT2D eigenvalue weighted by Gasteiger charge is -2.35. The Morgan fingerprint density at radius 3 is 2.00 bits per heavy atom. The van der Waals surface area contributed by atoms with Gasteiger partial charge >= 0.3 is 6.03 Å². The van der Waals surface area contributed by atoms with Crippen molar-refractivity contribution in [2.24, 2.45) is 0 Å². The fourth-order valence-corrected chi connectivity index (χ4v) is 2.55. The summed E-state index contributed by atoms with van der Waals surface area (Å²) in [5.74, 6) is -0.393. The molecule has 0 aromatic heterocycles. The standard InChI is InChI=1S/C18H19Cl2N3O2/c1-18(2,3)23(22-16(24)12-8-5-4-6-9-12)17(25)21-15-13(19)10-7-11-14(15)20/h4-11H,1-3H3,(H,21,25)(H,22,24). The molecule has 0 atom stereocenters. The molecule has 0 aliphatic carbocycles. The van der Waals surface area contributed by atoms with Crippen molar-refractivity contribution in [3.8, 4) is 0 Å². The molecular formula is C18H19Cl2N3O2. The summed E-state index contributed by atoms with van der Waals surface area (Å²) >= 11 is 12.2. The van der Waals surface area contributed by atoms with E-state index in [9.17, 15) is 9.59 Å². The molecule has 2 N–H and O–H groups in total. The van der Waals surface area contributed by atoms with Crippen molar-refractivity contribution in [3.05, 3.63) is 64.1 Å². The quantitative estimate of drug-likeness (QED) is 0.723. The van der Waals surface area contributed by atoms with E-state index in [1.54, 1.807) is 63.2 Å². The molecule has 0 unspecified atom stereocenters. The highest BCUT2D eigenvalue weighted by atomic mass is 35.5. The molecule has 0 fully saturated rings. The van der Waals surface area contributed by atoms with Crippen molar-refractivity contribution in [2.45, 2.75) is 26.3 Å². The molecule has 2 aromatic rings. The summed E-state index contributed by atoms with van der Waals surface area (Å²) in [6.07, 6.45) is 0. The smallest absolute Gasteiger partial charge is 0.304 e. The fraction of sp³-hybridized carbons (Fsp3) is 0.222. The normalized spacial score (nSPS) is 10.9. The summed E-state index contributed by atoms with van der Waals surface area (Å²) in [5.41, 5.74) is 2.69. The van der Waals surface area contributed by atoms with Gasteiger partial charge in [0.05, 0.1) is 21.3 Å². The number of nitrogens with one attached hydrogen (secondary N) is 2. The van der Waals surface area contributed by atoms with E-state index in [2.05, 4.69) is 10.7 Å². The number of rotatable bonds is 2. The van der Waals surface area contributed by atoms with Crippen LogP contribution in [-0.2, 0) is 0 Å². The summed E-state index contributed by atoms with van der Waals surface area (Å²) < 4.78 is 0. The lowest BCUT2D eigenvalue weighted by Crippen LogP contribution is -2.57. The molecule has 7 heteroatoms. The van der Waals surface area contributed by atoms with E-state index in [1.807, 2.05) is 6.07 Å². The Balaban J connectivity index is 2.23. The monoisotopic (exact) mass is 379 g/mol. The molecule has 0 saturated heterocycles. The van der Waals surface area contributed by atoms with E-state index in [0.29, 0.717) is 21.3 Å².